The first kappa shape index (κ1) is 20.2. The van der Waals surface area contributed by atoms with E-state index in [1.54, 1.807) is 30.7 Å². The lowest BCUT2D eigenvalue weighted by atomic mass is 10.2. The largest absolute Gasteiger partial charge is 0.323 e. The van der Waals surface area contributed by atoms with Gasteiger partial charge >= 0.3 is 5.69 Å². The number of amides is 1. The molecule has 0 bridgehead atoms. The number of hydrogen-bond donors (Lipinski definition) is 1. The van der Waals surface area contributed by atoms with E-state index < -0.39 is 4.92 Å². The van der Waals surface area contributed by atoms with Crippen LogP contribution in [0.4, 0.5) is 15.8 Å². The molecule has 9 nitrogen and oxygen atoms in total. The van der Waals surface area contributed by atoms with E-state index in [2.05, 4.69) is 15.5 Å². The molecule has 0 spiro atoms. The summed E-state index contributed by atoms with van der Waals surface area (Å²) in [5, 5.41) is 22.2. The van der Waals surface area contributed by atoms with Crippen molar-refractivity contribution >= 4 is 17.3 Å². The van der Waals surface area contributed by atoms with Crippen LogP contribution >= 0.6 is 0 Å². The van der Waals surface area contributed by atoms with Crippen LogP contribution in [0.2, 0.25) is 0 Å². The van der Waals surface area contributed by atoms with Crippen LogP contribution in [-0.4, -0.2) is 30.4 Å². The van der Waals surface area contributed by atoms with Gasteiger partial charge in [0.2, 0.25) is 5.91 Å². The van der Waals surface area contributed by atoms with Crippen molar-refractivity contribution in [3.63, 3.8) is 0 Å². The maximum absolute atomic E-state index is 13.1. The summed E-state index contributed by atoms with van der Waals surface area (Å²) in [4.78, 5) is 22.7. The highest BCUT2D eigenvalue weighted by Gasteiger charge is 2.17. The van der Waals surface area contributed by atoms with Gasteiger partial charge in [-0.3, -0.25) is 24.3 Å². The van der Waals surface area contributed by atoms with Crippen LogP contribution in [0.1, 0.15) is 29.1 Å². The number of anilines is 1. The number of nitrogens with zero attached hydrogens (tertiary/aromatic N) is 5. The Bertz CT molecular complexity index is 1050. The van der Waals surface area contributed by atoms with Gasteiger partial charge in [0.25, 0.3) is 0 Å². The maximum Gasteiger partial charge on any atom is 0.309 e. The zero-order chi connectivity index (χ0) is 21.1. The molecule has 0 radical (unpaired) electrons. The Kier molecular flexibility index (Phi) is 5.71. The monoisotopic (exact) mass is 400 g/mol. The summed E-state index contributed by atoms with van der Waals surface area (Å²) >= 11 is 0. The van der Waals surface area contributed by atoms with E-state index in [1.165, 1.54) is 23.0 Å². The third-order valence-electron chi connectivity index (χ3n) is 4.58. The van der Waals surface area contributed by atoms with Gasteiger partial charge in [-0.1, -0.05) is 12.1 Å². The molecule has 0 aliphatic rings. The van der Waals surface area contributed by atoms with E-state index >= 15 is 0 Å². The van der Waals surface area contributed by atoms with Crippen LogP contribution in [0.5, 0.6) is 0 Å². The minimum atomic E-state index is -0.499. The fraction of sp³-hybridized carbons (Fsp3) is 0.316. The van der Waals surface area contributed by atoms with Gasteiger partial charge in [-0.25, -0.2) is 4.39 Å². The number of aromatic nitrogens is 4. The second-order valence-electron chi connectivity index (χ2n) is 6.75. The van der Waals surface area contributed by atoms with Gasteiger partial charge < -0.3 is 5.32 Å². The molecule has 1 amide bonds. The summed E-state index contributed by atoms with van der Waals surface area (Å²) in [7, 11) is 0. The van der Waals surface area contributed by atoms with Crippen LogP contribution in [0.3, 0.4) is 0 Å². The zero-order valence-corrected chi connectivity index (χ0v) is 16.3. The number of carbonyl (C=O) groups is 1. The van der Waals surface area contributed by atoms with Gasteiger partial charge in [-0.05, 0) is 38.5 Å². The van der Waals surface area contributed by atoms with Crippen LogP contribution in [0.15, 0.2) is 30.5 Å². The molecular formula is C19H21FN6O3. The average molecular weight is 400 g/mol. The number of nitro groups is 1. The SMILES string of the molecule is Cc1nn(CCC(=O)Nc2c(C)nn(Cc3ccc(F)cc3)c2C)cc1[N+](=O)[O-]. The third kappa shape index (κ3) is 4.65. The van der Waals surface area contributed by atoms with Crippen molar-refractivity contribution in [1.29, 1.82) is 0 Å². The van der Waals surface area contributed by atoms with Crippen LogP contribution < -0.4 is 5.32 Å². The fourth-order valence-electron chi connectivity index (χ4n) is 3.01. The normalized spacial score (nSPS) is 10.9. The van der Waals surface area contributed by atoms with Crippen molar-refractivity contribution < 1.29 is 14.1 Å². The van der Waals surface area contributed by atoms with Crippen molar-refractivity contribution in [3.8, 4) is 0 Å². The second kappa shape index (κ2) is 8.21. The van der Waals surface area contributed by atoms with E-state index in [-0.39, 0.29) is 30.4 Å². The Labute approximate surface area is 166 Å². The molecule has 0 unspecified atom stereocenters. The second-order valence-corrected chi connectivity index (χ2v) is 6.75. The van der Waals surface area contributed by atoms with Crippen molar-refractivity contribution in [2.24, 2.45) is 0 Å². The van der Waals surface area contributed by atoms with Crippen molar-refractivity contribution in [2.45, 2.75) is 40.3 Å². The number of hydrogen-bond acceptors (Lipinski definition) is 5. The molecule has 2 aromatic heterocycles. The first-order chi connectivity index (χ1) is 13.7. The van der Waals surface area contributed by atoms with E-state index in [0.29, 0.717) is 23.6 Å². The summed E-state index contributed by atoms with van der Waals surface area (Å²) in [6.45, 7) is 5.88. The summed E-state index contributed by atoms with van der Waals surface area (Å²) in [5.41, 5.74) is 3.21. The highest BCUT2D eigenvalue weighted by Crippen LogP contribution is 2.21. The number of carbonyl (C=O) groups excluding carboxylic acids is 1. The van der Waals surface area contributed by atoms with Crippen LogP contribution in [0, 0.1) is 36.7 Å². The molecule has 152 valence electrons. The number of aryl methyl sites for hydroxylation is 3. The standard InChI is InChI=1S/C19H21FN6O3/c1-12-17(26(28)29)11-24(22-12)9-8-18(27)21-19-13(2)23-25(14(19)3)10-15-4-6-16(20)7-5-15/h4-7,11H,8-10H2,1-3H3,(H,21,27). The molecule has 0 fully saturated rings. The molecule has 3 aromatic rings. The molecule has 0 atom stereocenters. The first-order valence-corrected chi connectivity index (χ1v) is 9.01. The Morgan fingerprint density at radius 2 is 1.86 bits per heavy atom. The molecule has 2 heterocycles. The minimum absolute atomic E-state index is 0.0702. The van der Waals surface area contributed by atoms with E-state index in [4.69, 9.17) is 0 Å². The molecular weight excluding hydrogens is 379 g/mol. The molecule has 1 aromatic carbocycles. The lowest BCUT2D eigenvalue weighted by Gasteiger charge is -2.07. The van der Waals surface area contributed by atoms with Gasteiger partial charge in [0.05, 0.1) is 28.5 Å². The predicted octanol–water partition coefficient (Wildman–Crippen LogP) is 3.13. The van der Waals surface area contributed by atoms with Gasteiger partial charge in [-0.2, -0.15) is 10.2 Å². The topological polar surface area (TPSA) is 108 Å². The Balaban J connectivity index is 1.64. The van der Waals surface area contributed by atoms with Gasteiger partial charge in [0, 0.05) is 13.0 Å². The van der Waals surface area contributed by atoms with Crippen LogP contribution in [0.25, 0.3) is 0 Å². The van der Waals surface area contributed by atoms with Gasteiger partial charge in [0.15, 0.2) is 0 Å². The number of rotatable bonds is 7. The molecule has 29 heavy (non-hydrogen) atoms. The minimum Gasteiger partial charge on any atom is -0.323 e. The summed E-state index contributed by atoms with van der Waals surface area (Å²) in [5.74, 6) is -0.541. The average Bonchev–Trinajstić information content (AvgIpc) is 3.17. The van der Waals surface area contributed by atoms with E-state index in [1.807, 2.05) is 6.92 Å². The fourth-order valence-corrected chi connectivity index (χ4v) is 3.01. The number of nitrogens with one attached hydrogen (secondary N) is 1. The van der Waals surface area contributed by atoms with Gasteiger partial charge in [0.1, 0.15) is 17.7 Å². The van der Waals surface area contributed by atoms with Crippen LogP contribution in [-0.2, 0) is 17.9 Å². The molecule has 0 aliphatic carbocycles. The highest BCUT2D eigenvalue weighted by molar-refractivity contribution is 5.91. The molecule has 10 heteroatoms. The van der Waals surface area contributed by atoms with Crippen molar-refractivity contribution in [3.05, 3.63) is 69.0 Å². The maximum atomic E-state index is 13.1. The predicted molar refractivity (Wildman–Crippen MR) is 104 cm³/mol. The Hall–Kier alpha value is -3.56. The van der Waals surface area contributed by atoms with E-state index in [0.717, 1.165) is 11.3 Å². The summed E-state index contributed by atoms with van der Waals surface area (Å²) in [6.07, 6.45) is 1.43. The number of benzene rings is 1. The quantitative estimate of drug-likeness (QED) is 0.484. The first-order valence-electron chi connectivity index (χ1n) is 9.01. The van der Waals surface area contributed by atoms with E-state index in [9.17, 15) is 19.3 Å². The van der Waals surface area contributed by atoms with Crippen molar-refractivity contribution in [1.82, 2.24) is 19.6 Å². The molecule has 0 saturated carbocycles. The lowest BCUT2D eigenvalue weighted by molar-refractivity contribution is -0.385. The molecule has 0 aliphatic heterocycles. The highest BCUT2D eigenvalue weighted by atomic mass is 19.1. The molecule has 0 saturated heterocycles. The Morgan fingerprint density at radius 3 is 2.48 bits per heavy atom. The van der Waals surface area contributed by atoms with Crippen molar-refractivity contribution in [2.75, 3.05) is 5.32 Å². The molecule has 3 rings (SSSR count). The zero-order valence-electron chi connectivity index (χ0n) is 16.3. The Morgan fingerprint density at radius 1 is 1.17 bits per heavy atom. The number of halogens is 1. The lowest BCUT2D eigenvalue weighted by Crippen LogP contribution is -2.16. The summed E-state index contributed by atoms with van der Waals surface area (Å²) in [6, 6.07) is 6.17. The molecule has 1 N–H and O–H groups in total. The third-order valence-corrected chi connectivity index (χ3v) is 4.58. The van der Waals surface area contributed by atoms with Gasteiger partial charge in [-0.15, -0.1) is 0 Å². The summed E-state index contributed by atoms with van der Waals surface area (Å²) < 4.78 is 16.2. The smallest absolute Gasteiger partial charge is 0.309 e.